The van der Waals surface area contributed by atoms with E-state index in [-0.39, 0.29) is 30.6 Å². The number of nitrogens with zero attached hydrogens (tertiary/aromatic N) is 1. The van der Waals surface area contributed by atoms with Gasteiger partial charge < -0.3 is 5.32 Å². The number of sulfonamides is 1. The summed E-state index contributed by atoms with van der Waals surface area (Å²) in [7, 11) is -3.76. The van der Waals surface area contributed by atoms with Gasteiger partial charge in [0.1, 0.15) is 0 Å². The highest BCUT2D eigenvalue weighted by molar-refractivity contribution is 7.92. The Morgan fingerprint density at radius 3 is 2.35 bits per heavy atom. The van der Waals surface area contributed by atoms with Crippen molar-refractivity contribution in [3.63, 3.8) is 0 Å². The monoisotopic (exact) mass is 382 g/mol. The summed E-state index contributed by atoms with van der Waals surface area (Å²) < 4.78 is 51.3. The van der Waals surface area contributed by atoms with Crippen molar-refractivity contribution in [2.24, 2.45) is 0 Å². The van der Waals surface area contributed by atoms with Crippen LogP contribution in [0.2, 0.25) is 0 Å². The fraction of sp³-hybridized carbons (Fsp3) is 0.278. The van der Waals surface area contributed by atoms with Crippen LogP contribution in [0.5, 0.6) is 0 Å². The zero-order valence-electron chi connectivity index (χ0n) is 14.4. The normalized spacial score (nSPS) is 12.5. The number of carbonyl (C=O) groups is 1. The first-order chi connectivity index (χ1) is 12.2. The van der Waals surface area contributed by atoms with E-state index in [1.54, 1.807) is 0 Å². The Balaban J connectivity index is 2.05. The standard InChI is InChI=1S/C18H20F2N2O3S/c1-13(14-6-4-3-5-7-14)21-18(23)10-11-22(26(2,24)25)15-8-9-16(19)17(20)12-15/h3-9,12-13H,10-11H2,1-2H3,(H,21,23). The largest absolute Gasteiger partial charge is 0.350 e. The maximum Gasteiger partial charge on any atom is 0.232 e. The van der Waals surface area contributed by atoms with Gasteiger partial charge >= 0.3 is 0 Å². The molecule has 0 aromatic heterocycles. The zero-order chi connectivity index (χ0) is 19.3. The van der Waals surface area contributed by atoms with Gasteiger partial charge in [-0.25, -0.2) is 17.2 Å². The van der Waals surface area contributed by atoms with Crippen molar-refractivity contribution in [3.05, 3.63) is 65.7 Å². The molecule has 5 nitrogen and oxygen atoms in total. The van der Waals surface area contributed by atoms with Crippen molar-refractivity contribution in [3.8, 4) is 0 Å². The molecule has 26 heavy (non-hydrogen) atoms. The lowest BCUT2D eigenvalue weighted by Crippen LogP contribution is -2.35. The van der Waals surface area contributed by atoms with Crippen LogP contribution in [0.1, 0.15) is 24.9 Å². The molecule has 140 valence electrons. The van der Waals surface area contributed by atoms with Crippen molar-refractivity contribution in [1.82, 2.24) is 5.32 Å². The Labute approximate surface area is 151 Å². The molecule has 0 fully saturated rings. The highest BCUT2D eigenvalue weighted by atomic mass is 32.2. The molecule has 0 heterocycles. The van der Waals surface area contributed by atoms with E-state index in [9.17, 15) is 22.0 Å². The molecule has 2 aromatic carbocycles. The number of anilines is 1. The van der Waals surface area contributed by atoms with Gasteiger partial charge in [0.05, 0.1) is 18.0 Å². The minimum atomic E-state index is -3.76. The van der Waals surface area contributed by atoms with Gasteiger partial charge in [0.15, 0.2) is 11.6 Å². The first-order valence-corrected chi connectivity index (χ1v) is 9.80. The second kappa shape index (κ2) is 8.27. The number of carbonyl (C=O) groups excluding carboxylic acids is 1. The molecule has 0 aliphatic heterocycles. The van der Waals surface area contributed by atoms with Gasteiger partial charge in [0.25, 0.3) is 0 Å². The Morgan fingerprint density at radius 1 is 1.12 bits per heavy atom. The Kier molecular flexibility index (Phi) is 6.31. The number of benzene rings is 2. The smallest absolute Gasteiger partial charge is 0.232 e. The third kappa shape index (κ3) is 5.26. The molecule has 0 radical (unpaired) electrons. The molecule has 1 atom stereocenters. The van der Waals surface area contributed by atoms with Crippen LogP contribution < -0.4 is 9.62 Å². The lowest BCUT2D eigenvalue weighted by molar-refractivity contribution is -0.121. The molecule has 8 heteroatoms. The second-order valence-electron chi connectivity index (χ2n) is 5.88. The lowest BCUT2D eigenvalue weighted by atomic mass is 10.1. The lowest BCUT2D eigenvalue weighted by Gasteiger charge is -2.23. The van der Waals surface area contributed by atoms with Gasteiger partial charge in [-0.2, -0.15) is 0 Å². The Bertz CT molecular complexity index is 873. The summed E-state index contributed by atoms with van der Waals surface area (Å²) in [5.74, 6) is -2.58. The van der Waals surface area contributed by atoms with Crippen LogP contribution in [0.15, 0.2) is 48.5 Å². The summed E-state index contributed by atoms with van der Waals surface area (Å²) in [6.07, 6.45) is 0.821. The highest BCUT2D eigenvalue weighted by Crippen LogP contribution is 2.21. The van der Waals surface area contributed by atoms with Gasteiger partial charge in [0.2, 0.25) is 15.9 Å². The highest BCUT2D eigenvalue weighted by Gasteiger charge is 2.20. The van der Waals surface area contributed by atoms with E-state index >= 15 is 0 Å². The summed E-state index contributed by atoms with van der Waals surface area (Å²) in [5, 5.41) is 2.78. The average Bonchev–Trinajstić information content (AvgIpc) is 2.57. The molecule has 2 aromatic rings. The number of hydrogen-bond donors (Lipinski definition) is 1. The van der Waals surface area contributed by atoms with Crippen LogP contribution in [-0.4, -0.2) is 27.1 Å². The molecule has 0 saturated carbocycles. The van der Waals surface area contributed by atoms with Gasteiger partial charge in [0, 0.05) is 19.0 Å². The molecule has 0 bridgehead atoms. The van der Waals surface area contributed by atoms with Gasteiger partial charge in [-0.15, -0.1) is 0 Å². The predicted octanol–water partition coefficient (Wildman–Crippen LogP) is 3.00. The van der Waals surface area contributed by atoms with Crippen molar-refractivity contribution < 1.29 is 22.0 Å². The Hall–Kier alpha value is -2.48. The predicted molar refractivity (Wildman–Crippen MR) is 96.2 cm³/mol. The first kappa shape index (κ1) is 19.8. The van der Waals surface area contributed by atoms with Crippen LogP contribution in [0.4, 0.5) is 14.5 Å². The summed E-state index contributed by atoms with van der Waals surface area (Å²) >= 11 is 0. The Morgan fingerprint density at radius 2 is 1.77 bits per heavy atom. The van der Waals surface area contributed by atoms with Crippen LogP contribution >= 0.6 is 0 Å². The van der Waals surface area contributed by atoms with Gasteiger partial charge in [-0.05, 0) is 24.6 Å². The number of amides is 1. The molecule has 0 aliphatic rings. The minimum absolute atomic E-state index is 0.0321. The molecule has 0 saturated heterocycles. The molecular formula is C18H20F2N2O3S. The maximum atomic E-state index is 13.4. The molecule has 1 unspecified atom stereocenters. The molecule has 1 N–H and O–H groups in total. The SMILES string of the molecule is CC(NC(=O)CCN(c1ccc(F)c(F)c1)S(C)(=O)=O)c1ccccc1. The number of rotatable bonds is 7. The van der Waals surface area contributed by atoms with E-state index in [1.165, 1.54) is 0 Å². The minimum Gasteiger partial charge on any atom is -0.350 e. The van der Waals surface area contributed by atoms with E-state index in [4.69, 9.17) is 0 Å². The van der Waals surface area contributed by atoms with E-state index in [0.29, 0.717) is 0 Å². The first-order valence-electron chi connectivity index (χ1n) is 7.95. The van der Waals surface area contributed by atoms with E-state index in [1.807, 2.05) is 37.3 Å². The van der Waals surface area contributed by atoms with Crippen molar-refractivity contribution in [2.75, 3.05) is 17.1 Å². The molecule has 0 spiro atoms. The molecular weight excluding hydrogens is 362 g/mol. The third-order valence-electron chi connectivity index (χ3n) is 3.81. The third-order valence-corrected chi connectivity index (χ3v) is 5.00. The van der Waals surface area contributed by atoms with Crippen molar-refractivity contribution >= 4 is 21.6 Å². The summed E-state index contributed by atoms with van der Waals surface area (Å²) in [6.45, 7) is 1.63. The van der Waals surface area contributed by atoms with Gasteiger partial charge in [-0.1, -0.05) is 30.3 Å². The maximum absolute atomic E-state index is 13.4. The zero-order valence-corrected chi connectivity index (χ0v) is 15.3. The molecule has 1 amide bonds. The van der Waals surface area contributed by atoms with Crippen LogP contribution in [0, 0.1) is 11.6 Å². The number of hydrogen-bond acceptors (Lipinski definition) is 3. The molecule has 0 aliphatic carbocycles. The topological polar surface area (TPSA) is 66.5 Å². The molecule has 2 rings (SSSR count). The average molecular weight is 382 g/mol. The summed E-state index contributed by atoms with van der Waals surface area (Å²) in [6, 6.07) is 11.9. The fourth-order valence-corrected chi connectivity index (χ4v) is 3.39. The summed E-state index contributed by atoms with van der Waals surface area (Å²) in [4.78, 5) is 12.1. The van der Waals surface area contributed by atoms with E-state index in [0.717, 1.165) is 34.3 Å². The number of nitrogens with one attached hydrogen (secondary N) is 1. The van der Waals surface area contributed by atoms with Crippen LogP contribution in [0.25, 0.3) is 0 Å². The second-order valence-corrected chi connectivity index (χ2v) is 7.79. The van der Waals surface area contributed by atoms with Crippen LogP contribution in [-0.2, 0) is 14.8 Å². The fourth-order valence-electron chi connectivity index (χ4n) is 2.47. The number of halogens is 2. The van der Waals surface area contributed by atoms with E-state index < -0.39 is 21.7 Å². The van der Waals surface area contributed by atoms with Crippen molar-refractivity contribution in [1.29, 1.82) is 0 Å². The van der Waals surface area contributed by atoms with E-state index in [2.05, 4.69) is 5.32 Å². The summed E-state index contributed by atoms with van der Waals surface area (Å²) in [5.41, 5.74) is 0.886. The quantitative estimate of drug-likeness (QED) is 0.801. The van der Waals surface area contributed by atoms with Crippen molar-refractivity contribution in [2.45, 2.75) is 19.4 Å². The van der Waals surface area contributed by atoms with Gasteiger partial charge in [-0.3, -0.25) is 9.10 Å². The van der Waals surface area contributed by atoms with Crippen LogP contribution in [0.3, 0.4) is 0 Å².